The monoisotopic (exact) mass is 375 g/mol. The van der Waals surface area contributed by atoms with E-state index in [1.54, 1.807) is 40.6 Å². The molecule has 8 heteroatoms. The van der Waals surface area contributed by atoms with Crippen molar-refractivity contribution in [1.82, 2.24) is 15.4 Å². The first-order valence-electron chi connectivity index (χ1n) is 7.68. The molecule has 0 bridgehead atoms. The van der Waals surface area contributed by atoms with E-state index >= 15 is 0 Å². The average molecular weight is 376 g/mol. The fourth-order valence-electron chi connectivity index (χ4n) is 2.66. The number of nitrogens with one attached hydrogen (secondary N) is 1. The van der Waals surface area contributed by atoms with Gasteiger partial charge >= 0.3 is 0 Å². The summed E-state index contributed by atoms with van der Waals surface area (Å²) in [7, 11) is 6.25. The van der Waals surface area contributed by atoms with Gasteiger partial charge in [-0.3, -0.25) is 0 Å². The SMILES string of the molecule is COc1ccc(-c2n[nH]nc2-c2cc(OC)c(OC)c(OC)c2)cc1Cl. The summed E-state index contributed by atoms with van der Waals surface area (Å²) in [5.41, 5.74) is 2.83. The summed E-state index contributed by atoms with van der Waals surface area (Å²) in [6.45, 7) is 0. The molecular weight excluding hydrogens is 358 g/mol. The third-order valence-electron chi connectivity index (χ3n) is 3.91. The number of aromatic nitrogens is 3. The third kappa shape index (κ3) is 3.13. The van der Waals surface area contributed by atoms with Gasteiger partial charge in [0.15, 0.2) is 11.5 Å². The van der Waals surface area contributed by atoms with Crippen molar-refractivity contribution in [3.05, 3.63) is 35.4 Å². The maximum Gasteiger partial charge on any atom is 0.203 e. The van der Waals surface area contributed by atoms with Crippen LogP contribution in [0.4, 0.5) is 0 Å². The second-order valence-electron chi connectivity index (χ2n) is 5.28. The van der Waals surface area contributed by atoms with Crippen LogP contribution >= 0.6 is 11.6 Å². The molecule has 0 fully saturated rings. The highest BCUT2D eigenvalue weighted by molar-refractivity contribution is 6.32. The van der Waals surface area contributed by atoms with Gasteiger partial charge < -0.3 is 18.9 Å². The van der Waals surface area contributed by atoms with Crippen LogP contribution < -0.4 is 18.9 Å². The van der Waals surface area contributed by atoms with Gasteiger partial charge in [0.2, 0.25) is 5.75 Å². The van der Waals surface area contributed by atoms with Gasteiger partial charge in [0.25, 0.3) is 0 Å². The fraction of sp³-hybridized carbons (Fsp3) is 0.222. The highest BCUT2D eigenvalue weighted by Gasteiger charge is 2.19. The summed E-state index contributed by atoms with van der Waals surface area (Å²) < 4.78 is 21.4. The van der Waals surface area contributed by atoms with Crippen molar-refractivity contribution < 1.29 is 18.9 Å². The van der Waals surface area contributed by atoms with Gasteiger partial charge in [-0.15, -0.1) is 0 Å². The predicted molar refractivity (Wildman–Crippen MR) is 98.5 cm³/mol. The molecule has 3 rings (SSSR count). The van der Waals surface area contributed by atoms with Crippen LogP contribution in [-0.2, 0) is 0 Å². The number of H-pyrrole nitrogens is 1. The van der Waals surface area contributed by atoms with Crippen LogP contribution in [0, 0.1) is 0 Å². The lowest BCUT2D eigenvalue weighted by molar-refractivity contribution is 0.324. The average Bonchev–Trinajstić information content (AvgIpc) is 3.16. The summed E-state index contributed by atoms with van der Waals surface area (Å²) in [5, 5.41) is 11.7. The van der Waals surface area contributed by atoms with Crippen molar-refractivity contribution in [1.29, 1.82) is 0 Å². The maximum absolute atomic E-state index is 6.24. The van der Waals surface area contributed by atoms with Gasteiger partial charge in [-0.25, -0.2) is 0 Å². The molecule has 136 valence electrons. The van der Waals surface area contributed by atoms with Gasteiger partial charge in [-0.1, -0.05) is 11.6 Å². The van der Waals surface area contributed by atoms with E-state index < -0.39 is 0 Å². The number of benzene rings is 2. The number of hydrogen-bond donors (Lipinski definition) is 1. The highest BCUT2D eigenvalue weighted by atomic mass is 35.5. The quantitative estimate of drug-likeness (QED) is 0.705. The first-order chi connectivity index (χ1) is 12.6. The van der Waals surface area contributed by atoms with Crippen LogP contribution in [0.25, 0.3) is 22.5 Å². The van der Waals surface area contributed by atoms with Crippen molar-refractivity contribution in [2.45, 2.75) is 0 Å². The van der Waals surface area contributed by atoms with E-state index in [2.05, 4.69) is 15.4 Å². The van der Waals surface area contributed by atoms with E-state index in [1.165, 1.54) is 0 Å². The number of halogens is 1. The lowest BCUT2D eigenvalue weighted by Gasteiger charge is -2.13. The Hall–Kier alpha value is -2.93. The van der Waals surface area contributed by atoms with E-state index in [1.807, 2.05) is 18.2 Å². The Morgan fingerprint density at radius 3 is 1.81 bits per heavy atom. The Bertz CT molecular complexity index is 902. The molecule has 2 aromatic carbocycles. The lowest BCUT2D eigenvalue weighted by Crippen LogP contribution is -1.96. The highest BCUT2D eigenvalue weighted by Crippen LogP contribution is 2.42. The van der Waals surface area contributed by atoms with Crippen LogP contribution in [0.5, 0.6) is 23.0 Å². The van der Waals surface area contributed by atoms with Crippen LogP contribution in [0.15, 0.2) is 30.3 Å². The molecule has 0 atom stereocenters. The molecule has 1 aromatic heterocycles. The van der Waals surface area contributed by atoms with Gasteiger partial charge in [-0.05, 0) is 30.3 Å². The summed E-state index contributed by atoms with van der Waals surface area (Å²) >= 11 is 6.24. The standard InChI is InChI=1S/C18H18ClN3O4/c1-23-13-6-5-10(7-12(13)19)16-17(21-22-20-16)11-8-14(24-2)18(26-4)15(9-11)25-3/h5-9H,1-4H3,(H,20,21,22). The first kappa shape index (κ1) is 17.9. The molecular formula is C18H18ClN3O4. The number of ether oxygens (including phenoxy) is 4. The topological polar surface area (TPSA) is 78.5 Å². The van der Waals surface area contributed by atoms with Crippen LogP contribution in [-0.4, -0.2) is 43.8 Å². The van der Waals surface area contributed by atoms with Crippen molar-refractivity contribution in [2.24, 2.45) is 0 Å². The summed E-state index contributed by atoms with van der Waals surface area (Å²) in [6, 6.07) is 9.05. The Labute approximate surface area is 155 Å². The molecule has 0 aliphatic carbocycles. The van der Waals surface area contributed by atoms with Crippen molar-refractivity contribution in [3.8, 4) is 45.5 Å². The van der Waals surface area contributed by atoms with E-state index in [9.17, 15) is 0 Å². The molecule has 0 saturated carbocycles. The molecule has 7 nitrogen and oxygen atoms in total. The number of nitrogens with zero attached hydrogens (tertiary/aromatic N) is 2. The molecule has 0 radical (unpaired) electrons. The summed E-state index contributed by atoms with van der Waals surface area (Å²) in [6.07, 6.45) is 0. The molecule has 1 N–H and O–H groups in total. The minimum Gasteiger partial charge on any atom is -0.495 e. The van der Waals surface area contributed by atoms with E-state index in [0.717, 1.165) is 11.1 Å². The summed E-state index contributed by atoms with van der Waals surface area (Å²) in [4.78, 5) is 0. The molecule has 1 heterocycles. The van der Waals surface area contributed by atoms with Gasteiger partial charge in [0.05, 0.1) is 33.5 Å². The molecule has 0 aliphatic rings. The number of hydrogen-bond acceptors (Lipinski definition) is 6. The molecule has 0 spiro atoms. The zero-order chi connectivity index (χ0) is 18.7. The first-order valence-corrected chi connectivity index (χ1v) is 8.05. The molecule has 0 unspecified atom stereocenters. The molecule has 0 amide bonds. The zero-order valence-electron chi connectivity index (χ0n) is 14.8. The van der Waals surface area contributed by atoms with E-state index in [4.69, 9.17) is 30.5 Å². The zero-order valence-corrected chi connectivity index (χ0v) is 15.5. The van der Waals surface area contributed by atoms with Crippen molar-refractivity contribution >= 4 is 11.6 Å². The van der Waals surface area contributed by atoms with Gasteiger partial charge in [-0.2, -0.15) is 15.4 Å². The Kier molecular flexibility index (Phi) is 5.18. The largest absolute Gasteiger partial charge is 0.495 e. The predicted octanol–water partition coefficient (Wildman–Crippen LogP) is 3.83. The number of rotatable bonds is 6. The maximum atomic E-state index is 6.24. The van der Waals surface area contributed by atoms with Crippen molar-refractivity contribution in [2.75, 3.05) is 28.4 Å². The third-order valence-corrected chi connectivity index (χ3v) is 4.21. The van der Waals surface area contributed by atoms with Crippen LogP contribution in [0.1, 0.15) is 0 Å². The van der Waals surface area contributed by atoms with Gasteiger partial charge in [0.1, 0.15) is 17.1 Å². The number of aromatic amines is 1. The second-order valence-corrected chi connectivity index (χ2v) is 5.69. The minimum atomic E-state index is 0.490. The fourth-order valence-corrected chi connectivity index (χ4v) is 2.92. The number of methoxy groups -OCH3 is 4. The molecule has 0 aliphatic heterocycles. The van der Waals surface area contributed by atoms with E-state index in [0.29, 0.717) is 39.4 Å². The smallest absolute Gasteiger partial charge is 0.203 e. The van der Waals surface area contributed by atoms with Crippen LogP contribution in [0.3, 0.4) is 0 Å². The Morgan fingerprint density at radius 1 is 0.731 bits per heavy atom. The molecule has 0 saturated heterocycles. The van der Waals surface area contributed by atoms with Crippen molar-refractivity contribution in [3.63, 3.8) is 0 Å². The van der Waals surface area contributed by atoms with Gasteiger partial charge in [0, 0.05) is 11.1 Å². The minimum absolute atomic E-state index is 0.490. The Balaban J connectivity index is 2.13. The lowest BCUT2D eigenvalue weighted by atomic mass is 10.0. The summed E-state index contributed by atoms with van der Waals surface area (Å²) in [5.74, 6) is 2.16. The molecule has 3 aromatic rings. The van der Waals surface area contributed by atoms with E-state index in [-0.39, 0.29) is 0 Å². The molecule has 26 heavy (non-hydrogen) atoms. The normalized spacial score (nSPS) is 10.5. The Morgan fingerprint density at radius 2 is 1.31 bits per heavy atom. The second kappa shape index (κ2) is 7.53. The van der Waals surface area contributed by atoms with Crippen LogP contribution in [0.2, 0.25) is 5.02 Å².